The Morgan fingerprint density at radius 3 is 2.43 bits per heavy atom. The van der Waals surface area contributed by atoms with Crippen molar-refractivity contribution in [3.8, 4) is 0 Å². The van der Waals surface area contributed by atoms with Gasteiger partial charge in [0.25, 0.3) is 0 Å². The summed E-state index contributed by atoms with van der Waals surface area (Å²) in [4.78, 5) is 30.5. The predicted octanol–water partition coefficient (Wildman–Crippen LogP) is 4.24. The van der Waals surface area contributed by atoms with E-state index in [0.717, 1.165) is 21.8 Å². The molecule has 1 aliphatic heterocycles. The van der Waals surface area contributed by atoms with Crippen LogP contribution in [0.3, 0.4) is 0 Å². The molecule has 2 rings (SSSR count). The van der Waals surface area contributed by atoms with Crippen LogP contribution in [0, 0.1) is 24.2 Å². The molecule has 0 saturated heterocycles. The monoisotopic (exact) mass is 507 g/mol. The summed E-state index contributed by atoms with van der Waals surface area (Å²) < 4.78 is 5.76. The lowest BCUT2D eigenvalue weighted by Gasteiger charge is -2.34. The van der Waals surface area contributed by atoms with Gasteiger partial charge in [0.15, 0.2) is 0 Å². The molecule has 0 aromatic carbocycles. The van der Waals surface area contributed by atoms with Gasteiger partial charge < -0.3 is 20.1 Å². The van der Waals surface area contributed by atoms with Crippen molar-refractivity contribution in [3.63, 3.8) is 0 Å². The van der Waals surface area contributed by atoms with Crippen LogP contribution in [0.15, 0.2) is 22.6 Å². The molecule has 3 N–H and O–H groups in total. The summed E-state index contributed by atoms with van der Waals surface area (Å²) in [6, 6.07) is 0. The number of hydrogen-bond acceptors (Lipinski definition) is 8. The number of cyclic esters (lactones) is 1. The second kappa shape index (κ2) is 12.4. The van der Waals surface area contributed by atoms with Crippen molar-refractivity contribution in [1.82, 2.24) is 4.98 Å². The topological polar surface area (TPSA) is 117 Å². The number of aromatic nitrogens is 1. The van der Waals surface area contributed by atoms with Crippen molar-refractivity contribution in [2.75, 3.05) is 0 Å². The summed E-state index contributed by atoms with van der Waals surface area (Å²) in [5.41, 5.74) is 1.08. The number of nitrogens with zero attached hydrogens (tertiary/aromatic N) is 1. The molecule has 0 fully saturated rings. The molecule has 1 aliphatic rings. The van der Waals surface area contributed by atoms with Crippen molar-refractivity contribution in [1.29, 1.82) is 0 Å². The smallest absolute Gasteiger partial charge is 0.309 e. The number of Topliss-reactive ketones (excluding diaryl/α,β-unsaturated/α-hetero) is 1. The highest BCUT2D eigenvalue weighted by molar-refractivity contribution is 7.09. The maximum atomic E-state index is 13.2. The number of hydrogen-bond donors (Lipinski definition) is 3. The van der Waals surface area contributed by atoms with Gasteiger partial charge in [-0.3, -0.25) is 9.59 Å². The maximum Gasteiger partial charge on any atom is 0.309 e. The lowest BCUT2D eigenvalue weighted by Crippen LogP contribution is -2.45. The minimum Gasteiger partial charge on any atom is -0.457 e. The van der Waals surface area contributed by atoms with Gasteiger partial charge in [-0.2, -0.15) is 0 Å². The lowest BCUT2D eigenvalue weighted by atomic mass is 9.73. The molecule has 196 valence electrons. The van der Waals surface area contributed by atoms with E-state index in [-0.39, 0.29) is 18.1 Å². The fourth-order valence-electron chi connectivity index (χ4n) is 4.37. The first-order chi connectivity index (χ1) is 16.2. The molecule has 1 unspecified atom stereocenters. The van der Waals surface area contributed by atoms with Crippen LogP contribution in [0.4, 0.5) is 0 Å². The fourth-order valence-corrected chi connectivity index (χ4v) is 4.94. The number of esters is 1. The van der Waals surface area contributed by atoms with Crippen molar-refractivity contribution >= 4 is 29.2 Å². The SMILES string of the molecule is CC1=CC[C@@H](C(C)=Cc2csc(C)n2)OC(=O)C[C@H](O)C(C)(C)C(=O)[C@H](C)[C@@H](O)[C@@H](C)CCC1O. The number of ether oxygens (including phenoxy) is 1. The molecule has 1 aromatic rings. The Bertz CT molecular complexity index is 949. The van der Waals surface area contributed by atoms with Gasteiger partial charge in [0.2, 0.25) is 0 Å². The van der Waals surface area contributed by atoms with Crippen LogP contribution in [0.5, 0.6) is 0 Å². The number of ketones is 1. The molecule has 0 spiro atoms. The van der Waals surface area contributed by atoms with Gasteiger partial charge in [0, 0.05) is 17.7 Å². The summed E-state index contributed by atoms with van der Waals surface area (Å²) in [5.74, 6) is -1.88. The van der Waals surface area contributed by atoms with Crippen molar-refractivity contribution in [2.45, 2.75) is 98.6 Å². The fraction of sp³-hybridized carbons (Fsp3) is 0.667. The lowest BCUT2D eigenvalue weighted by molar-refractivity contribution is -0.154. The molecule has 0 amide bonds. The average Bonchev–Trinajstić information content (AvgIpc) is 3.21. The van der Waals surface area contributed by atoms with E-state index in [1.54, 1.807) is 20.8 Å². The van der Waals surface area contributed by atoms with Gasteiger partial charge >= 0.3 is 5.97 Å². The maximum absolute atomic E-state index is 13.2. The van der Waals surface area contributed by atoms with E-state index in [2.05, 4.69) is 4.98 Å². The summed E-state index contributed by atoms with van der Waals surface area (Å²) in [6.07, 6.45) is 1.23. The normalized spacial score (nSPS) is 32.2. The number of carbonyl (C=O) groups is 2. The van der Waals surface area contributed by atoms with Gasteiger partial charge in [0.05, 0.1) is 40.8 Å². The Kier molecular flexibility index (Phi) is 10.4. The molecule has 0 saturated carbocycles. The average molecular weight is 508 g/mol. The highest BCUT2D eigenvalue weighted by Crippen LogP contribution is 2.32. The number of carbonyl (C=O) groups excluding carboxylic acids is 2. The molecule has 6 atom stereocenters. The minimum absolute atomic E-state index is 0.221. The van der Waals surface area contributed by atoms with Crippen molar-refractivity contribution < 1.29 is 29.6 Å². The summed E-state index contributed by atoms with van der Waals surface area (Å²) in [6.45, 7) is 12.3. The van der Waals surface area contributed by atoms with Crippen LogP contribution >= 0.6 is 11.3 Å². The van der Waals surface area contributed by atoms with Gasteiger partial charge in [-0.1, -0.05) is 33.8 Å². The molecule has 7 nitrogen and oxygen atoms in total. The first-order valence-corrected chi connectivity index (χ1v) is 13.2. The molecule has 35 heavy (non-hydrogen) atoms. The molecule has 0 aliphatic carbocycles. The first-order valence-electron chi connectivity index (χ1n) is 12.3. The molecular weight excluding hydrogens is 466 g/mol. The second-order valence-electron chi connectivity index (χ2n) is 10.5. The quantitative estimate of drug-likeness (QED) is 0.405. The molecule has 8 heteroatoms. The Balaban J connectivity index is 2.38. The van der Waals surface area contributed by atoms with Crippen LogP contribution in [0.2, 0.25) is 0 Å². The largest absolute Gasteiger partial charge is 0.457 e. The number of aliphatic hydroxyl groups is 3. The van der Waals surface area contributed by atoms with Gasteiger partial charge in [-0.25, -0.2) is 4.98 Å². The Labute approximate surface area is 212 Å². The van der Waals surface area contributed by atoms with Crippen molar-refractivity contribution in [3.05, 3.63) is 33.3 Å². The third-order valence-electron chi connectivity index (χ3n) is 7.21. The summed E-state index contributed by atoms with van der Waals surface area (Å²) in [5, 5.41) is 35.1. The molecule has 0 radical (unpaired) electrons. The van der Waals surface area contributed by atoms with E-state index in [1.807, 2.05) is 45.2 Å². The first kappa shape index (κ1) is 29.4. The zero-order valence-electron chi connectivity index (χ0n) is 21.9. The summed E-state index contributed by atoms with van der Waals surface area (Å²) in [7, 11) is 0. The van der Waals surface area contributed by atoms with Gasteiger partial charge in [-0.05, 0) is 56.8 Å². The van der Waals surface area contributed by atoms with Gasteiger partial charge in [-0.15, -0.1) is 11.3 Å². The predicted molar refractivity (Wildman–Crippen MR) is 138 cm³/mol. The van der Waals surface area contributed by atoms with E-state index in [0.29, 0.717) is 19.3 Å². The zero-order valence-corrected chi connectivity index (χ0v) is 22.8. The van der Waals surface area contributed by atoms with E-state index in [4.69, 9.17) is 4.74 Å². The minimum atomic E-state index is -1.26. The third kappa shape index (κ3) is 7.81. The van der Waals surface area contributed by atoms with Crippen molar-refractivity contribution in [2.24, 2.45) is 17.3 Å². The Hall–Kier alpha value is -1.87. The van der Waals surface area contributed by atoms with Crippen LogP contribution in [0.25, 0.3) is 6.08 Å². The molecule has 1 aromatic heterocycles. The number of aryl methyl sites for hydroxylation is 1. The van der Waals surface area contributed by atoms with Crippen LogP contribution < -0.4 is 0 Å². The van der Waals surface area contributed by atoms with E-state index in [9.17, 15) is 24.9 Å². The van der Waals surface area contributed by atoms with E-state index in [1.165, 1.54) is 11.3 Å². The highest BCUT2D eigenvalue weighted by atomic mass is 32.1. The van der Waals surface area contributed by atoms with Crippen LogP contribution in [0.1, 0.15) is 77.9 Å². The number of aliphatic hydroxyl groups excluding tert-OH is 3. The highest BCUT2D eigenvalue weighted by Gasteiger charge is 2.42. The standard InChI is InChI=1S/C27H41NO6S/c1-15-9-11-22(17(3)12-20-14-35-19(5)28-20)34-24(31)13-23(30)27(6,7)26(33)18(4)25(32)16(2)8-10-21(15)29/h9,12,14,16,18,21-23,25,29-30,32H,8,10-11,13H2,1-7H3/t16-,18+,21?,22-,23-,25-/m0/s1. The number of rotatable bonds is 2. The third-order valence-corrected chi connectivity index (χ3v) is 8.00. The van der Waals surface area contributed by atoms with Gasteiger partial charge in [0.1, 0.15) is 11.9 Å². The second-order valence-corrected chi connectivity index (χ2v) is 11.6. The molecule has 0 bridgehead atoms. The van der Waals surface area contributed by atoms with Crippen LogP contribution in [-0.2, 0) is 14.3 Å². The molecule has 2 heterocycles. The molecular formula is C27H41NO6S. The van der Waals surface area contributed by atoms with E-state index >= 15 is 0 Å². The van der Waals surface area contributed by atoms with E-state index < -0.39 is 41.7 Å². The Morgan fingerprint density at radius 1 is 1.17 bits per heavy atom. The summed E-state index contributed by atoms with van der Waals surface area (Å²) >= 11 is 1.53. The number of thiazole rings is 1. The zero-order chi connectivity index (χ0) is 26.5. The van der Waals surface area contributed by atoms with Crippen LogP contribution in [-0.4, -0.2) is 56.5 Å². The Morgan fingerprint density at radius 2 is 1.83 bits per heavy atom.